The topological polar surface area (TPSA) is 101 Å². The van der Waals surface area contributed by atoms with Crippen LogP contribution < -0.4 is 16.8 Å². The molecule has 6 heteroatoms. The van der Waals surface area contributed by atoms with Crippen LogP contribution in [0.3, 0.4) is 0 Å². The molecule has 2 rings (SSSR count). The highest BCUT2D eigenvalue weighted by Crippen LogP contribution is 2.26. The zero-order valence-electron chi connectivity index (χ0n) is 10.6. The van der Waals surface area contributed by atoms with Crippen molar-refractivity contribution in [2.45, 2.75) is 12.6 Å². The van der Waals surface area contributed by atoms with Gasteiger partial charge in [0.05, 0.1) is 13.1 Å². The van der Waals surface area contributed by atoms with E-state index in [1.54, 1.807) is 4.90 Å². The molecule has 0 fully saturated rings. The van der Waals surface area contributed by atoms with Crippen LogP contribution in [0, 0.1) is 0 Å². The standard InChI is InChI=1S/C13H18N4O2/c14-12(18)7-17(8-13(15)19)11-6-16-5-9-3-1-2-4-10(9)11/h1-4,11,16H,5-8H2,(H2,14,18)(H2,15,19). The Morgan fingerprint density at radius 3 is 2.47 bits per heavy atom. The smallest absolute Gasteiger partial charge is 0.231 e. The molecule has 1 aliphatic heterocycles. The summed E-state index contributed by atoms with van der Waals surface area (Å²) >= 11 is 0. The largest absolute Gasteiger partial charge is 0.369 e. The number of primary amides is 2. The van der Waals surface area contributed by atoms with Crippen molar-refractivity contribution in [1.82, 2.24) is 10.2 Å². The van der Waals surface area contributed by atoms with Crippen molar-refractivity contribution >= 4 is 11.8 Å². The van der Waals surface area contributed by atoms with Crippen LogP contribution in [0.15, 0.2) is 24.3 Å². The fraction of sp³-hybridized carbons (Fsp3) is 0.385. The second kappa shape index (κ2) is 5.81. The normalized spacial score (nSPS) is 18.1. The quantitative estimate of drug-likeness (QED) is 0.640. The molecule has 0 radical (unpaired) electrons. The number of benzene rings is 1. The number of hydrogen-bond acceptors (Lipinski definition) is 4. The number of rotatable bonds is 5. The van der Waals surface area contributed by atoms with Gasteiger partial charge in [0, 0.05) is 19.1 Å². The molecule has 0 saturated heterocycles. The van der Waals surface area contributed by atoms with E-state index in [4.69, 9.17) is 11.5 Å². The van der Waals surface area contributed by atoms with E-state index in [9.17, 15) is 9.59 Å². The van der Waals surface area contributed by atoms with E-state index in [1.807, 2.05) is 24.3 Å². The van der Waals surface area contributed by atoms with Crippen molar-refractivity contribution in [3.05, 3.63) is 35.4 Å². The number of carbonyl (C=O) groups excluding carboxylic acids is 2. The zero-order valence-corrected chi connectivity index (χ0v) is 10.6. The third-order valence-electron chi connectivity index (χ3n) is 3.23. The molecule has 0 aromatic heterocycles. The van der Waals surface area contributed by atoms with E-state index < -0.39 is 11.8 Å². The molecule has 0 spiro atoms. The fourth-order valence-electron chi connectivity index (χ4n) is 2.48. The molecule has 1 heterocycles. The average Bonchev–Trinajstić information content (AvgIpc) is 2.36. The summed E-state index contributed by atoms with van der Waals surface area (Å²) < 4.78 is 0. The van der Waals surface area contributed by atoms with E-state index in [2.05, 4.69) is 5.32 Å². The molecule has 0 bridgehead atoms. The minimum absolute atomic E-state index is 0.0175. The Bertz CT molecular complexity index is 473. The molecule has 1 atom stereocenters. The Balaban J connectivity index is 2.26. The first-order valence-electron chi connectivity index (χ1n) is 6.17. The van der Waals surface area contributed by atoms with Crippen molar-refractivity contribution in [1.29, 1.82) is 0 Å². The van der Waals surface area contributed by atoms with Crippen LogP contribution in [0.5, 0.6) is 0 Å². The van der Waals surface area contributed by atoms with Gasteiger partial charge in [-0.2, -0.15) is 0 Å². The van der Waals surface area contributed by atoms with Crippen LogP contribution in [-0.2, 0) is 16.1 Å². The van der Waals surface area contributed by atoms with Crippen molar-refractivity contribution in [2.75, 3.05) is 19.6 Å². The predicted molar refractivity (Wildman–Crippen MR) is 70.9 cm³/mol. The number of nitrogens with two attached hydrogens (primary N) is 2. The second-order valence-corrected chi connectivity index (χ2v) is 4.68. The first kappa shape index (κ1) is 13.5. The van der Waals surface area contributed by atoms with Gasteiger partial charge in [0.2, 0.25) is 11.8 Å². The van der Waals surface area contributed by atoms with E-state index >= 15 is 0 Å². The lowest BCUT2D eigenvalue weighted by Crippen LogP contribution is -2.46. The Labute approximate surface area is 111 Å². The lowest BCUT2D eigenvalue weighted by atomic mass is 9.95. The van der Waals surface area contributed by atoms with E-state index in [1.165, 1.54) is 0 Å². The third kappa shape index (κ3) is 3.30. The molecule has 102 valence electrons. The number of nitrogens with zero attached hydrogens (tertiary/aromatic N) is 1. The van der Waals surface area contributed by atoms with Gasteiger partial charge >= 0.3 is 0 Å². The number of carbonyl (C=O) groups is 2. The van der Waals surface area contributed by atoms with Crippen LogP contribution in [0.2, 0.25) is 0 Å². The highest BCUT2D eigenvalue weighted by Gasteiger charge is 2.27. The molecule has 1 aromatic carbocycles. The number of nitrogens with one attached hydrogen (secondary N) is 1. The van der Waals surface area contributed by atoms with Crippen LogP contribution in [0.25, 0.3) is 0 Å². The maximum atomic E-state index is 11.2. The number of hydrogen-bond donors (Lipinski definition) is 3. The average molecular weight is 262 g/mol. The van der Waals surface area contributed by atoms with Crippen LogP contribution >= 0.6 is 0 Å². The first-order valence-corrected chi connectivity index (χ1v) is 6.17. The van der Waals surface area contributed by atoms with Gasteiger partial charge in [-0.25, -0.2) is 0 Å². The second-order valence-electron chi connectivity index (χ2n) is 4.68. The van der Waals surface area contributed by atoms with Crippen molar-refractivity contribution < 1.29 is 9.59 Å². The third-order valence-corrected chi connectivity index (χ3v) is 3.23. The molecule has 0 saturated carbocycles. The lowest BCUT2D eigenvalue weighted by Gasteiger charge is -2.34. The maximum Gasteiger partial charge on any atom is 0.231 e. The minimum atomic E-state index is -0.468. The summed E-state index contributed by atoms with van der Waals surface area (Å²) in [5.41, 5.74) is 12.8. The van der Waals surface area contributed by atoms with Crippen molar-refractivity contribution in [2.24, 2.45) is 11.5 Å². The SMILES string of the molecule is NC(=O)CN(CC(N)=O)C1CNCc2ccccc21. The Kier molecular flexibility index (Phi) is 4.13. The van der Waals surface area contributed by atoms with Gasteiger partial charge in [0.1, 0.15) is 0 Å². The summed E-state index contributed by atoms with van der Waals surface area (Å²) in [6, 6.07) is 7.89. The van der Waals surface area contributed by atoms with Crippen LogP contribution in [-0.4, -0.2) is 36.3 Å². The Morgan fingerprint density at radius 2 is 1.84 bits per heavy atom. The van der Waals surface area contributed by atoms with Gasteiger partial charge in [-0.05, 0) is 11.1 Å². The predicted octanol–water partition coefficient (Wildman–Crippen LogP) is -0.896. The van der Waals surface area contributed by atoms with Gasteiger partial charge in [0.25, 0.3) is 0 Å². The summed E-state index contributed by atoms with van der Waals surface area (Å²) in [5.74, 6) is -0.936. The molecule has 1 aromatic rings. The maximum absolute atomic E-state index is 11.2. The summed E-state index contributed by atoms with van der Waals surface area (Å²) in [6.45, 7) is 1.48. The molecule has 5 N–H and O–H groups in total. The van der Waals surface area contributed by atoms with Gasteiger partial charge in [0.15, 0.2) is 0 Å². The minimum Gasteiger partial charge on any atom is -0.369 e. The van der Waals surface area contributed by atoms with Crippen molar-refractivity contribution in [3.63, 3.8) is 0 Å². The van der Waals surface area contributed by atoms with Gasteiger partial charge < -0.3 is 16.8 Å². The molecule has 2 amide bonds. The van der Waals surface area contributed by atoms with Gasteiger partial charge in [-0.1, -0.05) is 24.3 Å². The summed E-state index contributed by atoms with van der Waals surface area (Å²) in [6.07, 6.45) is 0. The summed E-state index contributed by atoms with van der Waals surface area (Å²) in [7, 11) is 0. The molecule has 1 unspecified atom stereocenters. The molecule has 19 heavy (non-hydrogen) atoms. The van der Waals surface area contributed by atoms with Crippen LogP contribution in [0.1, 0.15) is 17.2 Å². The molecule has 1 aliphatic rings. The highest BCUT2D eigenvalue weighted by molar-refractivity contribution is 5.79. The number of amides is 2. The van der Waals surface area contributed by atoms with Crippen molar-refractivity contribution in [3.8, 4) is 0 Å². The zero-order chi connectivity index (χ0) is 13.8. The monoisotopic (exact) mass is 262 g/mol. The molecular weight excluding hydrogens is 244 g/mol. The summed E-state index contributed by atoms with van der Waals surface area (Å²) in [5, 5.41) is 3.27. The first-order chi connectivity index (χ1) is 9.08. The van der Waals surface area contributed by atoms with Gasteiger partial charge in [-0.15, -0.1) is 0 Å². The fourth-order valence-corrected chi connectivity index (χ4v) is 2.48. The van der Waals surface area contributed by atoms with Crippen LogP contribution in [0.4, 0.5) is 0 Å². The summed E-state index contributed by atoms with van der Waals surface area (Å²) in [4.78, 5) is 24.0. The Morgan fingerprint density at radius 1 is 1.21 bits per heavy atom. The molecular formula is C13H18N4O2. The Hall–Kier alpha value is -1.92. The van der Waals surface area contributed by atoms with Gasteiger partial charge in [-0.3, -0.25) is 14.5 Å². The molecule has 0 aliphatic carbocycles. The number of fused-ring (bicyclic) bond motifs is 1. The van der Waals surface area contributed by atoms with E-state index in [-0.39, 0.29) is 19.1 Å². The van der Waals surface area contributed by atoms with E-state index in [0.29, 0.717) is 6.54 Å². The molecule has 6 nitrogen and oxygen atoms in total. The van der Waals surface area contributed by atoms with E-state index in [0.717, 1.165) is 17.7 Å². The highest BCUT2D eigenvalue weighted by atomic mass is 16.2. The lowest BCUT2D eigenvalue weighted by molar-refractivity contribution is -0.122.